The van der Waals surface area contributed by atoms with Gasteiger partial charge in [0.05, 0.1) is 13.2 Å². The van der Waals surface area contributed by atoms with Crippen molar-refractivity contribution in [1.82, 2.24) is 0 Å². The third-order valence-corrected chi connectivity index (χ3v) is 2.10. The molecule has 54 valence electrons. The van der Waals surface area contributed by atoms with E-state index in [0.717, 1.165) is 0 Å². The van der Waals surface area contributed by atoms with Crippen LogP contribution in [-0.2, 0) is 13.6 Å². The molecule has 5 heteroatoms. The predicted molar refractivity (Wildman–Crippen MR) is 32.9 cm³/mol. The van der Waals surface area contributed by atoms with Crippen molar-refractivity contribution in [1.29, 1.82) is 0 Å². The molecule has 1 aliphatic heterocycles. The fourth-order valence-corrected chi connectivity index (χ4v) is 1.55. The maximum Gasteiger partial charge on any atom is 0.402 e. The van der Waals surface area contributed by atoms with Crippen molar-refractivity contribution in [2.45, 2.75) is 6.92 Å². The van der Waals surface area contributed by atoms with Gasteiger partial charge in [-0.1, -0.05) is 6.92 Å². The highest BCUT2D eigenvalue weighted by atomic mass is 31.2. The van der Waals surface area contributed by atoms with Crippen LogP contribution < -0.4 is 5.50 Å². The van der Waals surface area contributed by atoms with Gasteiger partial charge >= 0.3 is 7.75 Å². The Kier molecular flexibility index (Phi) is 1.91. The Morgan fingerprint density at radius 3 is 2.33 bits per heavy atom. The van der Waals surface area contributed by atoms with E-state index >= 15 is 0 Å². The second-order valence-electron chi connectivity index (χ2n) is 2.24. The third-order valence-electron chi connectivity index (χ3n) is 1.08. The molecule has 0 radical (unpaired) electrons. The minimum atomic E-state index is -3.12. The van der Waals surface area contributed by atoms with E-state index in [0.29, 0.717) is 19.1 Å². The van der Waals surface area contributed by atoms with Crippen molar-refractivity contribution in [2.24, 2.45) is 11.4 Å². The monoisotopic (exact) mass is 151 g/mol. The Morgan fingerprint density at radius 1 is 1.56 bits per heavy atom. The van der Waals surface area contributed by atoms with E-state index in [9.17, 15) is 4.57 Å². The van der Waals surface area contributed by atoms with Crippen LogP contribution >= 0.6 is 7.75 Å². The van der Waals surface area contributed by atoms with Gasteiger partial charge in [0.15, 0.2) is 0 Å². The Balaban J connectivity index is 2.44. The van der Waals surface area contributed by atoms with Gasteiger partial charge in [-0.05, 0) is 0 Å². The fourth-order valence-electron chi connectivity index (χ4n) is 0.548. The summed E-state index contributed by atoms with van der Waals surface area (Å²) in [7, 11) is -3.12. The van der Waals surface area contributed by atoms with E-state index < -0.39 is 7.75 Å². The Hall–Kier alpha value is 0.110. The van der Waals surface area contributed by atoms with Crippen LogP contribution in [0, 0.1) is 5.92 Å². The van der Waals surface area contributed by atoms with Gasteiger partial charge in [-0.2, -0.15) is 0 Å². The van der Waals surface area contributed by atoms with Crippen LogP contribution in [0.2, 0.25) is 0 Å². The summed E-state index contributed by atoms with van der Waals surface area (Å²) < 4.78 is 20.1. The highest BCUT2D eigenvalue weighted by Gasteiger charge is 2.25. The summed E-state index contributed by atoms with van der Waals surface area (Å²) in [5, 5.41) is 0. The van der Waals surface area contributed by atoms with Gasteiger partial charge in [-0.25, -0.2) is 10.1 Å². The molecule has 0 aliphatic carbocycles. The zero-order chi connectivity index (χ0) is 6.91. The van der Waals surface area contributed by atoms with Crippen molar-refractivity contribution in [3.63, 3.8) is 0 Å². The fraction of sp³-hybridized carbons (Fsp3) is 1.00. The molecule has 0 aromatic carbocycles. The molecule has 1 aliphatic rings. The highest BCUT2D eigenvalue weighted by molar-refractivity contribution is 7.51. The van der Waals surface area contributed by atoms with Gasteiger partial charge in [0.25, 0.3) is 0 Å². The van der Waals surface area contributed by atoms with E-state index in [1.54, 1.807) is 0 Å². The molecule has 0 saturated carbocycles. The van der Waals surface area contributed by atoms with E-state index in [1.165, 1.54) is 0 Å². The summed E-state index contributed by atoms with van der Waals surface area (Å²) >= 11 is 0. The Morgan fingerprint density at radius 2 is 2.00 bits per heavy atom. The second-order valence-corrected chi connectivity index (χ2v) is 3.83. The molecule has 0 aromatic rings. The summed E-state index contributed by atoms with van der Waals surface area (Å²) in [4.78, 5) is 0. The first kappa shape index (κ1) is 7.22. The molecular formula is C4H10NO3P. The molecule has 0 amide bonds. The van der Waals surface area contributed by atoms with Gasteiger partial charge in [-0.3, -0.25) is 9.05 Å². The van der Waals surface area contributed by atoms with Crippen LogP contribution in [0.25, 0.3) is 0 Å². The third kappa shape index (κ3) is 2.06. The zero-order valence-corrected chi connectivity index (χ0v) is 6.14. The summed E-state index contributed by atoms with van der Waals surface area (Å²) in [5.41, 5.74) is 5.05. The van der Waals surface area contributed by atoms with Crippen LogP contribution in [0.3, 0.4) is 0 Å². The van der Waals surface area contributed by atoms with Crippen molar-refractivity contribution >= 4 is 7.75 Å². The molecule has 9 heavy (non-hydrogen) atoms. The molecule has 0 unspecified atom stereocenters. The van der Waals surface area contributed by atoms with Crippen LogP contribution in [0.4, 0.5) is 0 Å². The van der Waals surface area contributed by atoms with Crippen LogP contribution in [0.15, 0.2) is 0 Å². The van der Waals surface area contributed by atoms with Gasteiger partial charge < -0.3 is 0 Å². The summed E-state index contributed by atoms with van der Waals surface area (Å²) in [5.74, 6) is 0.302. The first-order valence-corrected chi connectivity index (χ1v) is 4.39. The standard InChI is InChI=1S/C4H10NO3P/c1-4-2-7-9(5,6)8-3-4/h4H,2-3H2,1H3,(H2,5,6). The molecule has 1 saturated heterocycles. The molecule has 0 spiro atoms. The lowest BCUT2D eigenvalue weighted by molar-refractivity contribution is 0.102. The average molecular weight is 151 g/mol. The molecule has 0 aromatic heterocycles. The number of hydrogen-bond donors (Lipinski definition) is 1. The highest BCUT2D eigenvalue weighted by Crippen LogP contribution is 2.42. The van der Waals surface area contributed by atoms with E-state index in [4.69, 9.17) is 5.50 Å². The molecular weight excluding hydrogens is 141 g/mol. The van der Waals surface area contributed by atoms with E-state index in [-0.39, 0.29) is 0 Å². The lowest BCUT2D eigenvalue weighted by Gasteiger charge is -2.23. The van der Waals surface area contributed by atoms with Crippen molar-refractivity contribution in [2.75, 3.05) is 13.2 Å². The van der Waals surface area contributed by atoms with Crippen LogP contribution in [0.5, 0.6) is 0 Å². The first-order valence-electron chi connectivity index (χ1n) is 2.78. The van der Waals surface area contributed by atoms with Gasteiger partial charge in [0, 0.05) is 5.92 Å². The number of hydrogen-bond acceptors (Lipinski definition) is 3. The maximum atomic E-state index is 10.7. The van der Waals surface area contributed by atoms with Crippen LogP contribution in [0.1, 0.15) is 6.92 Å². The summed E-state index contributed by atoms with van der Waals surface area (Å²) in [6.45, 7) is 2.82. The molecule has 0 atom stereocenters. The minimum absolute atomic E-state index is 0.302. The average Bonchev–Trinajstić information content (AvgIpc) is 1.78. The smallest absolute Gasteiger partial charge is 0.297 e. The number of nitrogens with two attached hydrogens (primary N) is 1. The first-order chi connectivity index (χ1) is 4.10. The predicted octanol–water partition coefficient (Wildman–Crippen LogP) is 0.736. The molecule has 4 nitrogen and oxygen atoms in total. The molecule has 2 N–H and O–H groups in total. The van der Waals surface area contributed by atoms with Crippen molar-refractivity contribution in [3.05, 3.63) is 0 Å². The molecule has 1 rings (SSSR count). The second kappa shape index (κ2) is 2.39. The minimum Gasteiger partial charge on any atom is -0.297 e. The lowest BCUT2D eigenvalue weighted by Crippen LogP contribution is -2.21. The largest absolute Gasteiger partial charge is 0.402 e. The lowest BCUT2D eigenvalue weighted by atomic mass is 10.2. The van der Waals surface area contributed by atoms with Crippen LogP contribution in [-0.4, -0.2) is 13.2 Å². The SMILES string of the molecule is CC1COP(N)(=O)OC1. The molecule has 1 fully saturated rings. The van der Waals surface area contributed by atoms with Crippen molar-refractivity contribution < 1.29 is 13.6 Å². The number of rotatable bonds is 0. The topological polar surface area (TPSA) is 61.5 Å². The summed E-state index contributed by atoms with van der Waals surface area (Å²) in [6.07, 6.45) is 0. The zero-order valence-electron chi connectivity index (χ0n) is 5.24. The normalized spacial score (nSPS) is 44.9. The quantitative estimate of drug-likeness (QED) is 0.518. The van der Waals surface area contributed by atoms with Gasteiger partial charge in [0.1, 0.15) is 0 Å². The van der Waals surface area contributed by atoms with E-state index in [1.807, 2.05) is 6.92 Å². The molecule has 0 bridgehead atoms. The van der Waals surface area contributed by atoms with Gasteiger partial charge in [-0.15, -0.1) is 0 Å². The summed E-state index contributed by atoms with van der Waals surface area (Å²) in [6, 6.07) is 0. The maximum absolute atomic E-state index is 10.7. The van der Waals surface area contributed by atoms with Crippen molar-refractivity contribution in [3.8, 4) is 0 Å². The Labute approximate surface area is 53.9 Å². The van der Waals surface area contributed by atoms with Gasteiger partial charge in [0.2, 0.25) is 0 Å². The molecule has 1 heterocycles. The van der Waals surface area contributed by atoms with E-state index in [2.05, 4.69) is 9.05 Å². The Bertz CT molecular complexity index is 137.